The summed E-state index contributed by atoms with van der Waals surface area (Å²) in [7, 11) is 3.46. The molecule has 200 valence electrons. The third-order valence-corrected chi connectivity index (χ3v) is 9.01. The van der Waals surface area contributed by atoms with Gasteiger partial charge in [-0.2, -0.15) is 4.31 Å². The summed E-state index contributed by atoms with van der Waals surface area (Å²) in [6.45, 7) is 2.63. The fourth-order valence-electron chi connectivity index (χ4n) is 4.05. The van der Waals surface area contributed by atoms with Gasteiger partial charge in [0.25, 0.3) is 5.91 Å². The maximum absolute atomic E-state index is 13.7. The number of sulfonamides is 1. The zero-order chi connectivity index (χ0) is 26.6. The predicted molar refractivity (Wildman–Crippen MR) is 144 cm³/mol. The molecule has 3 aromatic rings. The van der Waals surface area contributed by atoms with Crippen molar-refractivity contribution in [3.63, 3.8) is 0 Å². The molecular formula is C25H32N4O6S2. The number of morpholine rings is 1. The molecule has 0 bridgehead atoms. The minimum Gasteiger partial charge on any atom is -0.493 e. The molecule has 0 unspecified atom stereocenters. The second-order valence-electron chi connectivity index (χ2n) is 8.83. The van der Waals surface area contributed by atoms with E-state index in [9.17, 15) is 13.2 Å². The Kier molecular flexibility index (Phi) is 8.65. The van der Waals surface area contributed by atoms with Gasteiger partial charge in [-0.3, -0.25) is 9.69 Å². The van der Waals surface area contributed by atoms with E-state index >= 15 is 0 Å². The van der Waals surface area contributed by atoms with Crippen LogP contribution in [0.1, 0.15) is 16.8 Å². The molecule has 37 heavy (non-hydrogen) atoms. The molecule has 2 aromatic carbocycles. The van der Waals surface area contributed by atoms with Crippen LogP contribution in [0.25, 0.3) is 10.2 Å². The van der Waals surface area contributed by atoms with Gasteiger partial charge in [-0.25, -0.2) is 13.4 Å². The molecule has 2 heterocycles. The lowest BCUT2D eigenvalue weighted by atomic mass is 10.2. The largest absolute Gasteiger partial charge is 0.493 e. The van der Waals surface area contributed by atoms with Crippen molar-refractivity contribution in [3.8, 4) is 11.5 Å². The molecular weight excluding hydrogens is 516 g/mol. The Bertz CT molecular complexity index is 1290. The van der Waals surface area contributed by atoms with Crippen LogP contribution in [-0.2, 0) is 14.8 Å². The molecule has 0 saturated carbocycles. The van der Waals surface area contributed by atoms with Crippen molar-refractivity contribution >= 4 is 42.6 Å². The number of amides is 1. The Morgan fingerprint density at radius 3 is 2.32 bits per heavy atom. The van der Waals surface area contributed by atoms with E-state index in [0.717, 1.165) is 17.7 Å². The number of hydrogen-bond acceptors (Lipinski definition) is 9. The molecule has 0 spiro atoms. The lowest BCUT2D eigenvalue weighted by molar-refractivity contribution is 0.0730. The van der Waals surface area contributed by atoms with Gasteiger partial charge in [0.2, 0.25) is 10.0 Å². The Morgan fingerprint density at radius 2 is 1.70 bits per heavy atom. The zero-order valence-corrected chi connectivity index (χ0v) is 23.1. The Morgan fingerprint density at radius 1 is 1.05 bits per heavy atom. The van der Waals surface area contributed by atoms with E-state index in [2.05, 4.69) is 4.90 Å². The van der Waals surface area contributed by atoms with Crippen LogP contribution < -0.4 is 14.4 Å². The Hall–Kier alpha value is -2.77. The first-order chi connectivity index (χ1) is 17.7. The summed E-state index contributed by atoms with van der Waals surface area (Å²) >= 11 is 1.39. The first-order valence-electron chi connectivity index (χ1n) is 11.9. The van der Waals surface area contributed by atoms with Gasteiger partial charge >= 0.3 is 0 Å². The SMILES string of the molecule is COc1cc2nc(N(CCCN(C)C)C(=O)c3ccc(S(=O)(=O)N4CCOCC4)cc3)sc2cc1OC. The average Bonchev–Trinajstić information content (AvgIpc) is 3.32. The van der Waals surface area contributed by atoms with Crippen LogP contribution in [0, 0.1) is 0 Å². The second kappa shape index (κ2) is 11.7. The van der Waals surface area contributed by atoms with Gasteiger partial charge in [0, 0.05) is 37.3 Å². The van der Waals surface area contributed by atoms with Gasteiger partial charge < -0.3 is 19.1 Å². The molecule has 0 aliphatic carbocycles. The summed E-state index contributed by atoms with van der Waals surface area (Å²) in [5.74, 6) is 0.911. The zero-order valence-electron chi connectivity index (χ0n) is 21.5. The van der Waals surface area contributed by atoms with Crippen molar-refractivity contribution in [1.82, 2.24) is 14.2 Å². The number of carbonyl (C=O) groups excluding carboxylic acids is 1. The molecule has 1 aromatic heterocycles. The summed E-state index contributed by atoms with van der Waals surface area (Å²) < 4.78 is 44.3. The molecule has 0 N–H and O–H groups in total. The van der Waals surface area contributed by atoms with E-state index in [4.69, 9.17) is 19.2 Å². The van der Waals surface area contributed by atoms with Gasteiger partial charge in [-0.15, -0.1) is 0 Å². The van der Waals surface area contributed by atoms with Crippen molar-refractivity contribution in [3.05, 3.63) is 42.0 Å². The number of thiazole rings is 1. The fourth-order valence-corrected chi connectivity index (χ4v) is 6.46. The van der Waals surface area contributed by atoms with Gasteiger partial charge in [0.05, 0.1) is 42.5 Å². The number of aromatic nitrogens is 1. The normalized spacial score (nSPS) is 14.7. The first kappa shape index (κ1) is 27.3. The van der Waals surface area contributed by atoms with Crippen LogP contribution in [0.3, 0.4) is 0 Å². The molecule has 1 fully saturated rings. The van der Waals surface area contributed by atoms with Crippen molar-refractivity contribution in [2.24, 2.45) is 0 Å². The Balaban J connectivity index is 1.63. The highest BCUT2D eigenvalue weighted by molar-refractivity contribution is 7.89. The van der Waals surface area contributed by atoms with E-state index in [0.29, 0.717) is 60.6 Å². The molecule has 1 amide bonds. The molecule has 0 radical (unpaired) electrons. The van der Waals surface area contributed by atoms with Crippen LogP contribution >= 0.6 is 11.3 Å². The van der Waals surface area contributed by atoms with E-state index in [-0.39, 0.29) is 10.8 Å². The van der Waals surface area contributed by atoms with E-state index in [1.54, 1.807) is 37.3 Å². The van der Waals surface area contributed by atoms with E-state index < -0.39 is 10.0 Å². The summed E-state index contributed by atoms with van der Waals surface area (Å²) in [5.41, 5.74) is 1.09. The van der Waals surface area contributed by atoms with Crippen molar-refractivity contribution in [1.29, 1.82) is 0 Å². The number of benzene rings is 2. The maximum Gasteiger partial charge on any atom is 0.260 e. The molecule has 4 rings (SSSR count). The van der Waals surface area contributed by atoms with Gasteiger partial charge in [0.15, 0.2) is 16.6 Å². The number of ether oxygens (including phenoxy) is 3. The molecule has 1 aliphatic heterocycles. The minimum atomic E-state index is -3.64. The number of nitrogens with zero attached hydrogens (tertiary/aromatic N) is 4. The van der Waals surface area contributed by atoms with Crippen molar-refractivity contribution in [2.45, 2.75) is 11.3 Å². The molecule has 0 atom stereocenters. The maximum atomic E-state index is 13.7. The van der Waals surface area contributed by atoms with Crippen LogP contribution in [0.4, 0.5) is 5.13 Å². The lowest BCUT2D eigenvalue weighted by Gasteiger charge is -2.26. The van der Waals surface area contributed by atoms with E-state index in [1.165, 1.54) is 27.8 Å². The monoisotopic (exact) mass is 548 g/mol. The van der Waals surface area contributed by atoms with E-state index in [1.807, 2.05) is 20.2 Å². The van der Waals surface area contributed by atoms with Gasteiger partial charge in [-0.05, 0) is 51.3 Å². The standard InChI is InChI=1S/C25H32N4O6S2/c1-27(2)10-5-11-29(25-26-20-16-21(33-3)22(34-4)17-23(20)36-25)24(30)18-6-8-19(9-7-18)37(31,32)28-12-14-35-15-13-28/h6-9,16-17H,5,10-15H2,1-4H3. The van der Waals surface area contributed by atoms with Crippen LogP contribution in [0.15, 0.2) is 41.3 Å². The first-order valence-corrected chi connectivity index (χ1v) is 14.2. The molecule has 10 nitrogen and oxygen atoms in total. The quantitative estimate of drug-likeness (QED) is 0.381. The molecule has 1 saturated heterocycles. The Labute approximate surface area is 221 Å². The number of hydrogen-bond donors (Lipinski definition) is 0. The summed E-state index contributed by atoms with van der Waals surface area (Å²) in [6, 6.07) is 9.75. The highest BCUT2D eigenvalue weighted by Gasteiger charge is 2.27. The number of carbonyl (C=O) groups is 1. The minimum absolute atomic E-state index is 0.157. The third-order valence-electron chi connectivity index (χ3n) is 6.05. The summed E-state index contributed by atoms with van der Waals surface area (Å²) in [5, 5.41) is 0.555. The number of fused-ring (bicyclic) bond motifs is 1. The predicted octanol–water partition coefficient (Wildman–Crippen LogP) is 2.93. The van der Waals surface area contributed by atoms with Crippen molar-refractivity contribution in [2.75, 3.05) is 72.6 Å². The molecule has 12 heteroatoms. The average molecular weight is 549 g/mol. The highest BCUT2D eigenvalue weighted by atomic mass is 32.2. The smallest absolute Gasteiger partial charge is 0.260 e. The molecule has 1 aliphatic rings. The number of rotatable bonds is 10. The number of anilines is 1. The van der Waals surface area contributed by atoms with Gasteiger partial charge in [-0.1, -0.05) is 11.3 Å². The van der Waals surface area contributed by atoms with Crippen LogP contribution in [0.5, 0.6) is 11.5 Å². The van der Waals surface area contributed by atoms with Gasteiger partial charge in [0.1, 0.15) is 0 Å². The fraction of sp³-hybridized carbons (Fsp3) is 0.440. The third kappa shape index (κ3) is 6.04. The van der Waals surface area contributed by atoms with Crippen LogP contribution in [-0.4, -0.2) is 96.2 Å². The highest BCUT2D eigenvalue weighted by Crippen LogP contribution is 2.37. The summed E-state index contributed by atoms with van der Waals surface area (Å²) in [4.78, 5) is 22.2. The second-order valence-corrected chi connectivity index (χ2v) is 11.8. The number of methoxy groups -OCH3 is 2. The summed E-state index contributed by atoms with van der Waals surface area (Å²) in [6.07, 6.45) is 0.741. The van der Waals surface area contributed by atoms with Crippen molar-refractivity contribution < 1.29 is 27.4 Å². The van der Waals surface area contributed by atoms with Crippen LogP contribution in [0.2, 0.25) is 0 Å². The topological polar surface area (TPSA) is 102 Å². The lowest BCUT2D eigenvalue weighted by Crippen LogP contribution is -2.40.